The summed E-state index contributed by atoms with van der Waals surface area (Å²) in [7, 11) is 3.26. The van der Waals surface area contributed by atoms with E-state index >= 15 is 0 Å². The average Bonchev–Trinajstić information content (AvgIpc) is 2.90. The third-order valence-corrected chi connectivity index (χ3v) is 5.94. The van der Waals surface area contributed by atoms with E-state index in [9.17, 15) is 4.79 Å². The molecule has 1 aromatic carbocycles. The Morgan fingerprint density at radius 3 is 2.53 bits per heavy atom. The Morgan fingerprint density at radius 1 is 1.06 bits per heavy atom. The summed E-state index contributed by atoms with van der Waals surface area (Å²) in [6.45, 7) is 11.7. The number of aromatic nitrogens is 3. The summed E-state index contributed by atoms with van der Waals surface area (Å²) in [6.07, 6.45) is 4.32. The highest BCUT2D eigenvalue weighted by atomic mass is 16.5. The van der Waals surface area contributed by atoms with Crippen LogP contribution in [0, 0.1) is 5.92 Å². The molecular weight excluding hydrogens is 452 g/mol. The number of anilines is 2. The Morgan fingerprint density at radius 2 is 1.86 bits per heavy atom. The monoisotopic (exact) mass is 488 g/mol. The summed E-state index contributed by atoms with van der Waals surface area (Å²) in [6, 6.07) is 11.5. The van der Waals surface area contributed by atoms with E-state index in [4.69, 9.17) is 4.74 Å². The van der Waals surface area contributed by atoms with E-state index in [1.807, 2.05) is 37.3 Å². The van der Waals surface area contributed by atoms with Gasteiger partial charge in [0.2, 0.25) is 0 Å². The number of hydrogen-bond donors (Lipinski definition) is 3. The van der Waals surface area contributed by atoms with Gasteiger partial charge in [-0.1, -0.05) is 32.1 Å². The fourth-order valence-corrected chi connectivity index (χ4v) is 4.00. The highest BCUT2D eigenvalue weighted by Gasteiger charge is 2.17. The van der Waals surface area contributed by atoms with Crippen LogP contribution in [-0.2, 0) is 0 Å². The van der Waals surface area contributed by atoms with Gasteiger partial charge >= 0.3 is 0 Å². The van der Waals surface area contributed by atoms with Crippen molar-refractivity contribution in [3.63, 3.8) is 0 Å². The summed E-state index contributed by atoms with van der Waals surface area (Å²) in [5.41, 5.74) is 4.47. The third-order valence-electron chi connectivity index (χ3n) is 5.94. The molecule has 0 radical (unpaired) electrons. The molecule has 2 unspecified atom stereocenters. The predicted octanol–water partition coefficient (Wildman–Crippen LogP) is 5.14. The predicted molar refractivity (Wildman–Crippen MR) is 146 cm³/mol. The fourth-order valence-electron chi connectivity index (χ4n) is 4.00. The zero-order chi connectivity index (χ0) is 26.1. The molecule has 36 heavy (non-hydrogen) atoms. The Hall–Kier alpha value is -3.94. The zero-order valence-corrected chi connectivity index (χ0v) is 21.8. The van der Waals surface area contributed by atoms with Crippen molar-refractivity contribution >= 4 is 17.5 Å². The molecule has 190 valence electrons. The van der Waals surface area contributed by atoms with Gasteiger partial charge in [0.05, 0.1) is 12.8 Å². The van der Waals surface area contributed by atoms with Gasteiger partial charge in [-0.25, -0.2) is 15.0 Å². The molecule has 8 nitrogen and oxygen atoms in total. The minimum Gasteiger partial charge on any atom is -0.496 e. The molecule has 0 fully saturated rings. The van der Waals surface area contributed by atoms with Crippen molar-refractivity contribution in [1.29, 1.82) is 0 Å². The molecule has 0 bridgehead atoms. The maximum absolute atomic E-state index is 11.9. The lowest BCUT2D eigenvalue weighted by Crippen LogP contribution is -2.18. The van der Waals surface area contributed by atoms with E-state index in [2.05, 4.69) is 51.3 Å². The highest BCUT2D eigenvalue weighted by Crippen LogP contribution is 2.32. The molecule has 0 saturated heterocycles. The molecule has 3 N–H and O–H groups in total. The number of methoxy groups -OCH3 is 1. The van der Waals surface area contributed by atoms with Crippen LogP contribution in [0.3, 0.4) is 0 Å². The molecule has 0 aliphatic carbocycles. The van der Waals surface area contributed by atoms with Crippen molar-refractivity contribution in [3.05, 3.63) is 72.2 Å². The molecular formula is C28H36N6O2. The lowest BCUT2D eigenvalue weighted by Gasteiger charge is -2.21. The number of benzene rings is 1. The number of carbonyl (C=O) groups excluding carboxylic acids is 1. The second-order valence-electron chi connectivity index (χ2n) is 9.19. The van der Waals surface area contributed by atoms with Crippen LogP contribution >= 0.6 is 0 Å². The van der Waals surface area contributed by atoms with Crippen LogP contribution in [0.25, 0.3) is 11.3 Å². The lowest BCUT2D eigenvalue weighted by molar-refractivity contribution is 0.0962. The smallest absolute Gasteiger partial charge is 0.251 e. The maximum Gasteiger partial charge on any atom is 0.251 e. The van der Waals surface area contributed by atoms with Crippen LogP contribution in [0.4, 0.5) is 11.6 Å². The number of ether oxygens (including phenoxy) is 1. The van der Waals surface area contributed by atoms with Crippen molar-refractivity contribution in [2.45, 2.75) is 33.1 Å². The SMILES string of the molecule is C=C(C)CNc1ccc(-c2cc(NCC(C)CC(C)c3ccc(C(=O)NC)cc3OC)ncn2)cn1. The molecule has 0 spiro atoms. The largest absolute Gasteiger partial charge is 0.496 e. The molecule has 0 aliphatic heterocycles. The van der Waals surface area contributed by atoms with Crippen molar-refractivity contribution in [2.75, 3.05) is 37.9 Å². The van der Waals surface area contributed by atoms with Gasteiger partial charge in [-0.15, -0.1) is 0 Å². The van der Waals surface area contributed by atoms with Crippen LogP contribution in [0.5, 0.6) is 5.75 Å². The average molecular weight is 489 g/mol. The van der Waals surface area contributed by atoms with E-state index < -0.39 is 0 Å². The van der Waals surface area contributed by atoms with Crippen molar-refractivity contribution in [2.24, 2.45) is 5.92 Å². The van der Waals surface area contributed by atoms with Crippen LogP contribution in [0.2, 0.25) is 0 Å². The van der Waals surface area contributed by atoms with E-state index in [0.29, 0.717) is 18.0 Å². The first-order valence-corrected chi connectivity index (χ1v) is 12.1. The number of nitrogens with one attached hydrogen (secondary N) is 3. The number of amides is 1. The number of nitrogens with zero attached hydrogens (tertiary/aromatic N) is 3. The summed E-state index contributed by atoms with van der Waals surface area (Å²) in [5.74, 6) is 2.83. The third kappa shape index (κ3) is 7.28. The number of hydrogen-bond acceptors (Lipinski definition) is 7. The molecule has 8 heteroatoms. The molecule has 0 saturated carbocycles. The summed E-state index contributed by atoms with van der Waals surface area (Å²) in [4.78, 5) is 25.2. The van der Waals surface area contributed by atoms with Crippen molar-refractivity contribution in [1.82, 2.24) is 20.3 Å². The molecule has 0 aliphatic rings. The van der Waals surface area contributed by atoms with E-state index in [0.717, 1.165) is 52.7 Å². The molecule has 2 atom stereocenters. The van der Waals surface area contributed by atoms with Crippen LogP contribution in [-0.4, -0.2) is 48.1 Å². The zero-order valence-electron chi connectivity index (χ0n) is 21.8. The van der Waals surface area contributed by atoms with Crippen molar-refractivity contribution in [3.8, 4) is 17.0 Å². The number of pyridine rings is 1. The quantitative estimate of drug-likeness (QED) is 0.304. The first kappa shape index (κ1) is 26.7. The van der Waals surface area contributed by atoms with Crippen LogP contribution in [0.1, 0.15) is 49.0 Å². The van der Waals surface area contributed by atoms with E-state index in [1.165, 1.54) is 0 Å². The van der Waals surface area contributed by atoms with Gasteiger partial charge in [-0.2, -0.15) is 0 Å². The highest BCUT2D eigenvalue weighted by molar-refractivity contribution is 5.94. The lowest BCUT2D eigenvalue weighted by atomic mass is 9.89. The fraction of sp³-hybridized carbons (Fsp3) is 0.357. The van der Waals surface area contributed by atoms with Gasteiger partial charge in [0.25, 0.3) is 5.91 Å². The number of rotatable bonds is 12. The van der Waals surface area contributed by atoms with Crippen molar-refractivity contribution < 1.29 is 9.53 Å². The van der Waals surface area contributed by atoms with Gasteiger partial charge in [0.15, 0.2) is 0 Å². The second kappa shape index (κ2) is 12.7. The first-order chi connectivity index (χ1) is 17.3. The minimum atomic E-state index is -0.125. The van der Waals surface area contributed by atoms with Gasteiger partial charge in [-0.3, -0.25) is 4.79 Å². The Labute approximate surface area is 213 Å². The van der Waals surface area contributed by atoms with Gasteiger partial charge in [0, 0.05) is 43.5 Å². The van der Waals surface area contributed by atoms with Gasteiger partial charge in [-0.05, 0) is 55.0 Å². The van der Waals surface area contributed by atoms with Crippen LogP contribution in [0.15, 0.2) is 61.1 Å². The number of carbonyl (C=O) groups is 1. The molecule has 2 aromatic heterocycles. The van der Waals surface area contributed by atoms with E-state index in [1.54, 1.807) is 32.7 Å². The Kier molecular flexibility index (Phi) is 9.39. The summed E-state index contributed by atoms with van der Waals surface area (Å²) in [5, 5.41) is 9.32. The molecule has 3 rings (SSSR count). The minimum absolute atomic E-state index is 0.125. The van der Waals surface area contributed by atoms with Gasteiger partial charge < -0.3 is 20.7 Å². The normalized spacial score (nSPS) is 12.4. The standard InChI is InChI=1S/C28H36N6O2/c1-18(2)14-30-26-10-8-22(16-32-26)24-13-27(34-17-33-24)31-15-19(3)11-20(4)23-9-7-21(28(35)29-5)12-25(23)36-6/h7-10,12-13,16-17,19-20H,1,11,14-15H2,2-6H3,(H,29,35)(H,30,32)(H,31,33,34). The Balaban J connectivity index is 1.59. The molecule has 1 amide bonds. The first-order valence-electron chi connectivity index (χ1n) is 12.1. The molecule has 2 heterocycles. The molecule has 3 aromatic rings. The Bertz CT molecular complexity index is 1180. The summed E-state index contributed by atoms with van der Waals surface area (Å²) >= 11 is 0. The second-order valence-corrected chi connectivity index (χ2v) is 9.19. The topological polar surface area (TPSA) is 101 Å². The maximum atomic E-state index is 11.9. The van der Waals surface area contributed by atoms with E-state index in [-0.39, 0.29) is 11.8 Å². The van der Waals surface area contributed by atoms with Crippen LogP contribution < -0.4 is 20.7 Å². The van der Waals surface area contributed by atoms with Gasteiger partial charge in [0.1, 0.15) is 23.7 Å². The summed E-state index contributed by atoms with van der Waals surface area (Å²) < 4.78 is 5.57.